The van der Waals surface area contributed by atoms with Crippen LogP contribution in [0.3, 0.4) is 0 Å². The summed E-state index contributed by atoms with van der Waals surface area (Å²) in [7, 11) is 0. The van der Waals surface area contributed by atoms with Crippen LogP contribution in [-0.2, 0) is 4.79 Å². The van der Waals surface area contributed by atoms with Gasteiger partial charge in [0.15, 0.2) is 0 Å². The predicted octanol–water partition coefficient (Wildman–Crippen LogP) is 1.99. The highest BCUT2D eigenvalue weighted by Crippen LogP contribution is 2.34. The number of piperidine rings is 1. The highest BCUT2D eigenvalue weighted by atomic mass is 32.1. The summed E-state index contributed by atoms with van der Waals surface area (Å²) < 4.78 is 2.27. The molecular weight excluding hydrogens is 284 g/mol. The molecule has 0 bridgehead atoms. The maximum Gasteiger partial charge on any atom is 0.231 e. The van der Waals surface area contributed by atoms with Gasteiger partial charge < -0.3 is 5.73 Å². The molecule has 2 aromatic heterocycles. The van der Waals surface area contributed by atoms with Gasteiger partial charge in [-0.1, -0.05) is 0 Å². The summed E-state index contributed by atoms with van der Waals surface area (Å²) in [6, 6.07) is 0. The molecule has 1 atom stereocenters. The average Bonchev–Trinajstić information content (AvgIpc) is 2.88. The number of primary amides is 1. The first kappa shape index (κ1) is 14.5. The zero-order valence-electron chi connectivity index (χ0n) is 12.8. The van der Waals surface area contributed by atoms with Crippen LogP contribution in [0.4, 0.5) is 0 Å². The van der Waals surface area contributed by atoms with E-state index in [-0.39, 0.29) is 5.91 Å². The van der Waals surface area contributed by atoms with Gasteiger partial charge in [-0.25, -0.2) is 4.98 Å². The Balaban J connectivity index is 1.93. The Bertz CT molecular complexity index is 687. The SMILES string of the molecule is Cc1sc2c(C3CCCN(CC(N)=O)C3)nc(C)n2c1C. The highest BCUT2D eigenvalue weighted by molar-refractivity contribution is 7.17. The minimum atomic E-state index is -0.246. The minimum absolute atomic E-state index is 0.246. The number of aryl methyl sites for hydroxylation is 3. The fraction of sp³-hybridized carbons (Fsp3) is 0.600. The molecule has 3 rings (SSSR count). The van der Waals surface area contributed by atoms with E-state index in [9.17, 15) is 4.79 Å². The van der Waals surface area contributed by atoms with E-state index in [2.05, 4.69) is 30.1 Å². The number of carbonyl (C=O) groups is 1. The van der Waals surface area contributed by atoms with E-state index in [4.69, 9.17) is 10.7 Å². The molecule has 1 fully saturated rings. The van der Waals surface area contributed by atoms with Crippen molar-refractivity contribution in [1.82, 2.24) is 14.3 Å². The molecule has 1 unspecified atom stereocenters. The number of amides is 1. The molecule has 0 spiro atoms. The molecule has 0 saturated carbocycles. The lowest BCUT2D eigenvalue weighted by Gasteiger charge is -2.30. The minimum Gasteiger partial charge on any atom is -0.369 e. The van der Waals surface area contributed by atoms with E-state index in [0.29, 0.717) is 12.5 Å². The lowest BCUT2D eigenvalue weighted by Crippen LogP contribution is -2.40. The molecule has 114 valence electrons. The van der Waals surface area contributed by atoms with Gasteiger partial charge in [-0.2, -0.15) is 0 Å². The van der Waals surface area contributed by atoms with Crippen LogP contribution in [0.25, 0.3) is 4.83 Å². The predicted molar refractivity (Wildman–Crippen MR) is 84.9 cm³/mol. The van der Waals surface area contributed by atoms with Crippen molar-refractivity contribution in [3.05, 3.63) is 22.1 Å². The van der Waals surface area contributed by atoms with Crippen molar-refractivity contribution < 1.29 is 4.79 Å². The van der Waals surface area contributed by atoms with Gasteiger partial charge in [0.1, 0.15) is 10.7 Å². The molecule has 1 aliphatic heterocycles. The Morgan fingerprint density at radius 3 is 2.90 bits per heavy atom. The molecule has 5 nitrogen and oxygen atoms in total. The van der Waals surface area contributed by atoms with Crippen molar-refractivity contribution in [2.45, 2.75) is 39.5 Å². The van der Waals surface area contributed by atoms with Crippen molar-refractivity contribution in [2.24, 2.45) is 5.73 Å². The number of imidazole rings is 1. The topological polar surface area (TPSA) is 63.6 Å². The molecule has 1 saturated heterocycles. The van der Waals surface area contributed by atoms with Crippen LogP contribution in [0.2, 0.25) is 0 Å². The molecule has 2 N–H and O–H groups in total. The molecule has 1 aliphatic rings. The first-order chi connectivity index (χ1) is 9.97. The van der Waals surface area contributed by atoms with Gasteiger partial charge in [-0.3, -0.25) is 14.1 Å². The molecule has 0 aromatic carbocycles. The summed E-state index contributed by atoms with van der Waals surface area (Å²) in [5, 5.41) is 0. The van der Waals surface area contributed by atoms with Gasteiger partial charge in [0.25, 0.3) is 0 Å². The molecule has 1 amide bonds. The number of hydrogen-bond donors (Lipinski definition) is 1. The lowest BCUT2D eigenvalue weighted by molar-refractivity contribution is -0.119. The van der Waals surface area contributed by atoms with E-state index in [1.165, 1.54) is 21.1 Å². The zero-order chi connectivity index (χ0) is 15.1. The van der Waals surface area contributed by atoms with Crippen LogP contribution in [0, 0.1) is 20.8 Å². The lowest BCUT2D eigenvalue weighted by atomic mass is 9.95. The fourth-order valence-electron chi connectivity index (χ4n) is 3.31. The number of thiazole rings is 1. The number of hydrogen-bond acceptors (Lipinski definition) is 4. The van der Waals surface area contributed by atoms with Gasteiger partial charge in [0, 0.05) is 23.0 Å². The highest BCUT2D eigenvalue weighted by Gasteiger charge is 2.27. The van der Waals surface area contributed by atoms with E-state index in [0.717, 1.165) is 31.8 Å². The first-order valence-electron chi connectivity index (χ1n) is 7.43. The number of nitrogens with two attached hydrogens (primary N) is 1. The van der Waals surface area contributed by atoms with Crippen LogP contribution in [0.15, 0.2) is 0 Å². The monoisotopic (exact) mass is 306 g/mol. The Labute approximate surface area is 128 Å². The summed E-state index contributed by atoms with van der Waals surface area (Å²) in [6.07, 6.45) is 2.23. The van der Waals surface area contributed by atoms with Crippen LogP contribution in [0.5, 0.6) is 0 Å². The zero-order valence-corrected chi connectivity index (χ0v) is 13.7. The van der Waals surface area contributed by atoms with Crippen LogP contribution in [-0.4, -0.2) is 39.8 Å². The summed E-state index contributed by atoms with van der Waals surface area (Å²) in [5.74, 6) is 1.22. The van der Waals surface area contributed by atoms with Gasteiger partial charge in [-0.15, -0.1) is 11.3 Å². The molecule has 6 heteroatoms. The van der Waals surface area contributed by atoms with E-state index < -0.39 is 0 Å². The maximum absolute atomic E-state index is 11.1. The molecule has 3 heterocycles. The van der Waals surface area contributed by atoms with Gasteiger partial charge in [0.05, 0.1) is 12.2 Å². The Hall–Kier alpha value is -1.40. The van der Waals surface area contributed by atoms with Gasteiger partial charge in [-0.05, 0) is 40.2 Å². The van der Waals surface area contributed by atoms with Crippen molar-refractivity contribution in [1.29, 1.82) is 0 Å². The van der Waals surface area contributed by atoms with Crippen molar-refractivity contribution >= 4 is 22.1 Å². The summed E-state index contributed by atoms with van der Waals surface area (Å²) >= 11 is 1.83. The molecule has 21 heavy (non-hydrogen) atoms. The second-order valence-electron chi connectivity index (χ2n) is 5.97. The van der Waals surface area contributed by atoms with Crippen molar-refractivity contribution in [3.63, 3.8) is 0 Å². The molecule has 0 aliphatic carbocycles. The Morgan fingerprint density at radius 2 is 2.19 bits per heavy atom. The average molecular weight is 306 g/mol. The number of carbonyl (C=O) groups excluding carboxylic acids is 1. The number of nitrogens with zero attached hydrogens (tertiary/aromatic N) is 3. The number of aromatic nitrogens is 2. The van der Waals surface area contributed by atoms with Crippen LogP contribution < -0.4 is 5.73 Å². The number of likely N-dealkylation sites (tertiary alicyclic amines) is 1. The largest absolute Gasteiger partial charge is 0.369 e. The van der Waals surface area contributed by atoms with E-state index in [1.807, 2.05) is 11.3 Å². The molecule has 0 radical (unpaired) electrons. The number of fused-ring (bicyclic) bond motifs is 1. The van der Waals surface area contributed by atoms with Gasteiger partial charge in [0.2, 0.25) is 5.91 Å². The maximum atomic E-state index is 11.1. The Morgan fingerprint density at radius 1 is 1.43 bits per heavy atom. The number of rotatable bonds is 3. The third kappa shape index (κ3) is 2.58. The quantitative estimate of drug-likeness (QED) is 0.943. The van der Waals surface area contributed by atoms with Crippen molar-refractivity contribution in [3.8, 4) is 0 Å². The summed E-state index contributed by atoms with van der Waals surface area (Å²) in [4.78, 5) is 20.7. The third-order valence-corrected chi connectivity index (χ3v) is 5.58. The second kappa shape index (κ2) is 5.42. The van der Waals surface area contributed by atoms with Gasteiger partial charge >= 0.3 is 0 Å². The normalized spacial score (nSPS) is 20.2. The molecule has 2 aromatic rings. The standard InChI is InChI=1S/C15H22N4OS/c1-9-10(2)21-15-14(17-11(3)19(9)15)12-5-4-6-18(7-12)8-13(16)20/h12H,4-8H2,1-3H3,(H2,16,20). The summed E-state index contributed by atoms with van der Waals surface area (Å²) in [6.45, 7) is 8.58. The van der Waals surface area contributed by atoms with Crippen LogP contribution >= 0.6 is 11.3 Å². The van der Waals surface area contributed by atoms with Crippen molar-refractivity contribution in [2.75, 3.05) is 19.6 Å². The second-order valence-corrected chi connectivity index (χ2v) is 7.17. The molecular formula is C15H22N4OS. The van der Waals surface area contributed by atoms with E-state index in [1.54, 1.807) is 0 Å². The third-order valence-electron chi connectivity index (χ3n) is 4.39. The smallest absolute Gasteiger partial charge is 0.231 e. The Kier molecular flexibility index (Phi) is 3.75. The van der Waals surface area contributed by atoms with Crippen LogP contribution in [0.1, 0.15) is 40.8 Å². The summed E-state index contributed by atoms with van der Waals surface area (Å²) in [5.41, 5.74) is 7.81. The van der Waals surface area contributed by atoms with E-state index >= 15 is 0 Å². The fourth-order valence-corrected chi connectivity index (χ4v) is 4.52. The first-order valence-corrected chi connectivity index (χ1v) is 8.24.